The Morgan fingerprint density at radius 1 is 1.14 bits per heavy atom. The molecule has 22 heavy (non-hydrogen) atoms. The summed E-state index contributed by atoms with van der Waals surface area (Å²) in [4.78, 5) is 6.86. The minimum atomic E-state index is 0. The third-order valence-electron chi connectivity index (χ3n) is 3.18. The summed E-state index contributed by atoms with van der Waals surface area (Å²) in [5, 5.41) is 6.62. The minimum Gasteiger partial charge on any atom is -0.383 e. The molecule has 0 rings (SSSR count). The highest BCUT2D eigenvalue weighted by atomic mass is 127. The van der Waals surface area contributed by atoms with Crippen molar-refractivity contribution in [3.05, 3.63) is 0 Å². The summed E-state index contributed by atoms with van der Waals surface area (Å²) in [6.45, 7) is 7.85. The van der Waals surface area contributed by atoms with Crippen molar-refractivity contribution < 1.29 is 4.74 Å². The van der Waals surface area contributed by atoms with Gasteiger partial charge < -0.3 is 20.3 Å². The van der Waals surface area contributed by atoms with E-state index in [0.717, 1.165) is 25.5 Å². The number of hydrogen-bond donors (Lipinski definition) is 2. The predicted molar refractivity (Wildman–Crippen MR) is 108 cm³/mol. The van der Waals surface area contributed by atoms with Crippen LogP contribution in [0.5, 0.6) is 0 Å². The van der Waals surface area contributed by atoms with Crippen LogP contribution < -0.4 is 10.6 Å². The lowest BCUT2D eigenvalue weighted by Gasteiger charge is -2.16. The van der Waals surface area contributed by atoms with E-state index in [1.807, 2.05) is 0 Å². The summed E-state index contributed by atoms with van der Waals surface area (Å²) in [5.41, 5.74) is 0. The fourth-order valence-corrected chi connectivity index (χ4v) is 2.11. The number of aliphatic imine (C=N–C) groups is 1. The zero-order valence-corrected chi connectivity index (χ0v) is 17.5. The van der Waals surface area contributed by atoms with Gasteiger partial charge in [0.1, 0.15) is 0 Å². The van der Waals surface area contributed by atoms with Crippen LogP contribution in [0.15, 0.2) is 4.99 Å². The van der Waals surface area contributed by atoms with Crippen LogP contribution in [0.2, 0.25) is 0 Å². The number of rotatable bonds is 12. The molecule has 1 atom stereocenters. The van der Waals surface area contributed by atoms with Crippen molar-refractivity contribution in [3.63, 3.8) is 0 Å². The average molecular weight is 428 g/mol. The highest BCUT2D eigenvalue weighted by molar-refractivity contribution is 14.0. The summed E-state index contributed by atoms with van der Waals surface area (Å²) < 4.78 is 5.13. The molecule has 0 aromatic carbocycles. The van der Waals surface area contributed by atoms with Crippen molar-refractivity contribution in [2.75, 3.05) is 47.4 Å². The molecule has 2 N–H and O–H groups in total. The van der Waals surface area contributed by atoms with Gasteiger partial charge in [0.25, 0.3) is 0 Å². The van der Waals surface area contributed by atoms with Gasteiger partial charge in [0.2, 0.25) is 0 Å². The summed E-state index contributed by atoms with van der Waals surface area (Å²) in [7, 11) is 5.99. The van der Waals surface area contributed by atoms with E-state index in [4.69, 9.17) is 4.74 Å². The van der Waals surface area contributed by atoms with Crippen LogP contribution in [0.1, 0.15) is 46.0 Å². The second kappa shape index (κ2) is 17.3. The number of ether oxygens (including phenoxy) is 1. The fraction of sp³-hybridized carbons (Fsp3) is 0.938. The molecule has 0 aromatic rings. The lowest BCUT2D eigenvalue weighted by Crippen LogP contribution is -2.44. The molecule has 0 bridgehead atoms. The maximum Gasteiger partial charge on any atom is 0.191 e. The first-order valence-corrected chi connectivity index (χ1v) is 8.28. The molecule has 0 radical (unpaired) electrons. The predicted octanol–water partition coefficient (Wildman–Crippen LogP) is 2.71. The van der Waals surface area contributed by atoms with Crippen LogP contribution >= 0.6 is 24.0 Å². The molecular weight excluding hydrogens is 391 g/mol. The van der Waals surface area contributed by atoms with Crippen molar-refractivity contribution in [2.24, 2.45) is 4.99 Å². The van der Waals surface area contributed by atoms with Gasteiger partial charge in [0, 0.05) is 26.2 Å². The van der Waals surface area contributed by atoms with E-state index >= 15 is 0 Å². The highest BCUT2D eigenvalue weighted by Crippen LogP contribution is 2.03. The van der Waals surface area contributed by atoms with Gasteiger partial charge in [-0.3, -0.25) is 4.99 Å². The number of unbranched alkanes of at least 4 members (excludes halogenated alkanes) is 4. The summed E-state index contributed by atoms with van der Waals surface area (Å²) in [5.74, 6) is 0.898. The van der Waals surface area contributed by atoms with Gasteiger partial charge in [0.15, 0.2) is 5.96 Å². The Morgan fingerprint density at radius 2 is 1.77 bits per heavy atom. The molecule has 0 aliphatic rings. The van der Waals surface area contributed by atoms with E-state index in [2.05, 4.69) is 48.5 Å². The second-order valence-electron chi connectivity index (χ2n) is 5.83. The minimum absolute atomic E-state index is 0. The number of halogens is 1. The quantitative estimate of drug-likeness (QED) is 0.217. The van der Waals surface area contributed by atoms with Crippen molar-refractivity contribution in [2.45, 2.75) is 52.0 Å². The van der Waals surface area contributed by atoms with Gasteiger partial charge >= 0.3 is 0 Å². The average Bonchev–Trinajstić information content (AvgIpc) is 2.41. The second-order valence-corrected chi connectivity index (χ2v) is 5.83. The van der Waals surface area contributed by atoms with E-state index < -0.39 is 0 Å². The standard InChI is InChI=1S/C16H36N4O.HI/c1-6-17-16(19-15(2)14-21-5)18-12-10-8-7-9-11-13-20(3)4;/h15H,6-14H2,1-5H3,(H2,17,18,19);1H. The number of nitrogens with zero attached hydrogens (tertiary/aromatic N) is 2. The molecule has 0 saturated carbocycles. The van der Waals surface area contributed by atoms with Crippen LogP contribution in [0.3, 0.4) is 0 Å². The Morgan fingerprint density at radius 3 is 2.36 bits per heavy atom. The Labute approximate surface area is 154 Å². The van der Waals surface area contributed by atoms with Gasteiger partial charge in [-0.25, -0.2) is 0 Å². The van der Waals surface area contributed by atoms with E-state index in [1.165, 1.54) is 32.2 Å². The third-order valence-corrected chi connectivity index (χ3v) is 3.18. The van der Waals surface area contributed by atoms with Crippen molar-refractivity contribution in [1.29, 1.82) is 0 Å². The first kappa shape index (κ1) is 24.2. The van der Waals surface area contributed by atoms with Gasteiger partial charge in [-0.1, -0.05) is 19.3 Å². The van der Waals surface area contributed by atoms with Crippen LogP contribution in [0.25, 0.3) is 0 Å². The third kappa shape index (κ3) is 16.3. The van der Waals surface area contributed by atoms with Crippen LogP contribution in [0, 0.1) is 0 Å². The molecule has 0 heterocycles. The summed E-state index contributed by atoms with van der Waals surface area (Å²) in [6, 6.07) is 0.277. The smallest absolute Gasteiger partial charge is 0.191 e. The molecule has 1 unspecified atom stereocenters. The molecule has 0 saturated heterocycles. The van der Waals surface area contributed by atoms with Crippen molar-refractivity contribution in [3.8, 4) is 0 Å². The zero-order valence-electron chi connectivity index (χ0n) is 15.2. The number of methoxy groups -OCH3 is 1. The normalized spacial score (nSPS) is 12.9. The monoisotopic (exact) mass is 428 g/mol. The maximum absolute atomic E-state index is 5.13. The van der Waals surface area contributed by atoms with Crippen LogP contribution in [0.4, 0.5) is 0 Å². The Balaban J connectivity index is 0. The molecule has 6 heteroatoms. The molecule has 134 valence electrons. The largest absolute Gasteiger partial charge is 0.383 e. The molecule has 0 aliphatic carbocycles. The lowest BCUT2D eigenvalue weighted by atomic mass is 10.1. The molecule has 0 amide bonds. The molecule has 0 spiro atoms. The van der Waals surface area contributed by atoms with E-state index in [1.54, 1.807) is 7.11 Å². The van der Waals surface area contributed by atoms with Crippen LogP contribution in [-0.4, -0.2) is 64.3 Å². The Kier molecular flexibility index (Phi) is 19.0. The molecule has 0 aromatic heterocycles. The summed E-state index contributed by atoms with van der Waals surface area (Å²) in [6.07, 6.45) is 6.37. The van der Waals surface area contributed by atoms with Gasteiger partial charge in [0.05, 0.1) is 6.61 Å². The van der Waals surface area contributed by atoms with Gasteiger partial charge in [-0.05, 0) is 47.3 Å². The van der Waals surface area contributed by atoms with E-state index in [-0.39, 0.29) is 30.0 Å². The Hall–Kier alpha value is -0.0800. The molecule has 0 fully saturated rings. The lowest BCUT2D eigenvalue weighted by molar-refractivity contribution is 0.179. The topological polar surface area (TPSA) is 48.9 Å². The maximum atomic E-state index is 5.13. The van der Waals surface area contributed by atoms with Gasteiger partial charge in [-0.2, -0.15) is 0 Å². The zero-order chi connectivity index (χ0) is 15.9. The van der Waals surface area contributed by atoms with E-state index in [9.17, 15) is 0 Å². The number of hydrogen-bond acceptors (Lipinski definition) is 3. The number of guanidine groups is 1. The first-order valence-electron chi connectivity index (χ1n) is 8.28. The van der Waals surface area contributed by atoms with E-state index in [0.29, 0.717) is 6.61 Å². The number of nitrogens with one attached hydrogen (secondary N) is 2. The van der Waals surface area contributed by atoms with Crippen molar-refractivity contribution >= 4 is 29.9 Å². The molecule has 5 nitrogen and oxygen atoms in total. The first-order chi connectivity index (χ1) is 10.1. The molecular formula is C16H37IN4O. The van der Waals surface area contributed by atoms with Crippen molar-refractivity contribution in [1.82, 2.24) is 15.5 Å². The Bertz CT molecular complexity index is 263. The highest BCUT2D eigenvalue weighted by Gasteiger charge is 2.03. The fourth-order valence-electron chi connectivity index (χ4n) is 2.11. The summed E-state index contributed by atoms with van der Waals surface area (Å²) >= 11 is 0. The molecule has 0 aliphatic heterocycles. The van der Waals surface area contributed by atoms with Crippen LogP contribution in [-0.2, 0) is 4.74 Å². The SMILES string of the molecule is CCNC(=NCCCCCCCN(C)C)NC(C)COC.I. The van der Waals surface area contributed by atoms with Gasteiger partial charge in [-0.15, -0.1) is 24.0 Å².